The molecule has 0 saturated carbocycles. The van der Waals surface area contributed by atoms with Crippen LogP contribution in [0.2, 0.25) is 25.7 Å². The molecule has 26 heavy (non-hydrogen) atoms. The van der Waals surface area contributed by atoms with Gasteiger partial charge in [0.1, 0.15) is 12.6 Å². The van der Waals surface area contributed by atoms with Crippen molar-refractivity contribution in [3.8, 4) is 11.4 Å². The Morgan fingerprint density at radius 1 is 1.31 bits per heavy atom. The number of H-pyrrole nitrogens is 1. The molecule has 3 rings (SSSR count). The average molecular weight is 372 g/mol. The molecule has 0 amide bonds. The van der Waals surface area contributed by atoms with Gasteiger partial charge in [-0.3, -0.25) is 0 Å². The lowest BCUT2D eigenvalue weighted by Gasteiger charge is -2.16. The minimum atomic E-state index is -1.11. The van der Waals surface area contributed by atoms with Crippen molar-refractivity contribution in [2.24, 2.45) is 0 Å². The van der Waals surface area contributed by atoms with E-state index < -0.39 is 8.07 Å². The van der Waals surface area contributed by atoms with E-state index in [0.717, 1.165) is 34.9 Å². The summed E-state index contributed by atoms with van der Waals surface area (Å²) in [6, 6.07) is 6.88. The average Bonchev–Trinajstić information content (AvgIpc) is 3.25. The molecule has 2 aromatic heterocycles. The zero-order valence-electron chi connectivity index (χ0n) is 15.7. The van der Waals surface area contributed by atoms with Crippen LogP contribution in [0.1, 0.15) is 10.4 Å². The highest BCUT2D eigenvalue weighted by molar-refractivity contribution is 6.76. The predicted octanol–water partition coefficient (Wildman–Crippen LogP) is 4.13. The summed E-state index contributed by atoms with van der Waals surface area (Å²) in [5, 5.41) is 0.942. The van der Waals surface area contributed by atoms with Crippen LogP contribution < -0.4 is 0 Å². The van der Waals surface area contributed by atoms with Gasteiger partial charge in [0.15, 0.2) is 0 Å². The van der Waals surface area contributed by atoms with E-state index >= 15 is 0 Å². The van der Waals surface area contributed by atoms with Crippen molar-refractivity contribution in [1.29, 1.82) is 0 Å². The number of nitrogens with one attached hydrogen (secondary N) is 1. The van der Waals surface area contributed by atoms with Gasteiger partial charge < -0.3 is 19.0 Å². The summed E-state index contributed by atoms with van der Waals surface area (Å²) >= 11 is 0. The van der Waals surface area contributed by atoms with Crippen LogP contribution in [0, 0.1) is 0 Å². The number of imidazole rings is 1. The number of methoxy groups -OCH3 is 1. The van der Waals surface area contributed by atoms with Crippen molar-refractivity contribution in [3.63, 3.8) is 0 Å². The van der Waals surface area contributed by atoms with Gasteiger partial charge in [0.05, 0.1) is 18.2 Å². The standard InChI is InChI=1S/C19H25N3O3Si/c1-24-19(23)16-12-15(11-14-5-6-20-17(14)16)18-21-7-8-22(18)13-25-9-10-26(2,3)4/h5-8,11-12,20H,9-10,13H2,1-4H3. The molecule has 6 nitrogen and oxygen atoms in total. The van der Waals surface area contributed by atoms with E-state index in [1.807, 2.05) is 35.2 Å². The summed E-state index contributed by atoms with van der Waals surface area (Å²) in [5.41, 5.74) is 2.13. The highest BCUT2D eigenvalue weighted by atomic mass is 28.3. The fourth-order valence-electron chi connectivity index (χ4n) is 2.79. The number of carbonyl (C=O) groups excluding carboxylic acids is 1. The number of fused-ring (bicyclic) bond motifs is 1. The molecule has 0 aliphatic carbocycles. The Labute approximate surface area is 154 Å². The first kappa shape index (κ1) is 18.4. The third-order valence-corrected chi connectivity index (χ3v) is 5.97. The highest BCUT2D eigenvalue weighted by Gasteiger charge is 2.16. The first-order chi connectivity index (χ1) is 12.4. The minimum Gasteiger partial charge on any atom is -0.465 e. The summed E-state index contributed by atoms with van der Waals surface area (Å²) < 4.78 is 12.7. The summed E-state index contributed by atoms with van der Waals surface area (Å²) in [6.45, 7) is 8.19. The van der Waals surface area contributed by atoms with Gasteiger partial charge in [-0.15, -0.1) is 0 Å². The molecule has 0 saturated heterocycles. The van der Waals surface area contributed by atoms with Crippen LogP contribution in [0.15, 0.2) is 36.8 Å². The summed E-state index contributed by atoms with van der Waals surface area (Å²) in [5.74, 6) is 0.398. The molecule has 0 atom stereocenters. The van der Waals surface area contributed by atoms with Gasteiger partial charge >= 0.3 is 5.97 Å². The fraction of sp³-hybridized carbons (Fsp3) is 0.368. The lowest BCUT2D eigenvalue weighted by atomic mass is 10.1. The van der Waals surface area contributed by atoms with Crippen LogP contribution in [0.5, 0.6) is 0 Å². The van der Waals surface area contributed by atoms with Crippen LogP contribution in [0.4, 0.5) is 0 Å². The Kier molecular flexibility index (Phi) is 5.29. The molecular formula is C19H25N3O3Si. The lowest BCUT2D eigenvalue weighted by Crippen LogP contribution is -2.22. The minimum absolute atomic E-state index is 0.371. The van der Waals surface area contributed by atoms with Gasteiger partial charge in [-0.2, -0.15) is 0 Å². The van der Waals surface area contributed by atoms with E-state index in [2.05, 4.69) is 29.6 Å². The van der Waals surface area contributed by atoms with Gasteiger partial charge in [0.25, 0.3) is 0 Å². The van der Waals surface area contributed by atoms with E-state index in [-0.39, 0.29) is 5.97 Å². The van der Waals surface area contributed by atoms with Gasteiger partial charge in [-0.05, 0) is 24.2 Å². The fourth-order valence-corrected chi connectivity index (χ4v) is 3.54. The monoisotopic (exact) mass is 371 g/mol. The normalized spacial score (nSPS) is 11.8. The van der Waals surface area contributed by atoms with Crippen molar-refractivity contribution in [2.45, 2.75) is 32.4 Å². The molecule has 0 radical (unpaired) electrons. The molecule has 0 fully saturated rings. The maximum atomic E-state index is 12.1. The third-order valence-electron chi connectivity index (χ3n) is 4.27. The van der Waals surface area contributed by atoms with Gasteiger partial charge in [-0.25, -0.2) is 9.78 Å². The number of rotatable bonds is 7. The molecule has 138 valence electrons. The SMILES string of the molecule is COC(=O)c1cc(-c2nccn2COCC[Si](C)(C)C)cc2cc[nH]c12. The number of hydrogen-bond donors (Lipinski definition) is 1. The Balaban J connectivity index is 1.86. The van der Waals surface area contributed by atoms with Crippen LogP contribution in [0.3, 0.4) is 0 Å². The Hall–Kier alpha value is -2.38. The topological polar surface area (TPSA) is 69.1 Å². The largest absolute Gasteiger partial charge is 0.465 e. The summed E-state index contributed by atoms with van der Waals surface area (Å²) in [6.07, 6.45) is 5.45. The number of benzene rings is 1. The molecule has 0 aliphatic rings. The lowest BCUT2D eigenvalue weighted by molar-refractivity contribution is 0.0603. The van der Waals surface area contributed by atoms with Crippen molar-refractivity contribution in [2.75, 3.05) is 13.7 Å². The van der Waals surface area contributed by atoms with E-state index in [1.165, 1.54) is 7.11 Å². The maximum absolute atomic E-state index is 12.1. The van der Waals surface area contributed by atoms with Crippen LogP contribution in [-0.4, -0.2) is 42.3 Å². The Morgan fingerprint density at radius 3 is 2.85 bits per heavy atom. The maximum Gasteiger partial charge on any atom is 0.340 e. The molecule has 1 aromatic carbocycles. The molecular weight excluding hydrogens is 346 g/mol. The molecule has 0 bridgehead atoms. The van der Waals surface area contributed by atoms with E-state index in [1.54, 1.807) is 6.20 Å². The smallest absolute Gasteiger partial charge is 0.340 e. The van der Waals surface area contributed by atoms with E-state index in [0.29, 0.717) is 12.3 Å². The number of esters is 1. The number of aromatic nitrogens is 3. The van der Waals surface area contributed by atoms with Gasteiger partial charge in [-0.1, -0.05) is 19.6 Å². The molecule has 1 N–H and O–H groups in total. The second-order valence-electron chi connectivity index (χ2n) is 7.53. The molecule has 0 unspecified atom stereocenters. The first-order valence-electron chi connectivity index (χ1n) is 8.68. The zero-order chi connectivity index (χ0) is 18.7. The van der Waals surface area contributed by atoms with Crippen molar-refractivity contribution < 1.29 is 14.3 Å². The second kappa shape index (κ2) is 7.47. The van der Waals surface area contributed by atoms with Crippen molar-refractivity contribution >= 4 is 24.9 Å². The predicted molar refractivity (Wildman–Crippen MR) is 105 cm³/mol. The van der Waals surface area contributed by atoms with Crippen LogP contribution in [0.25, 0.3) is 22.3 Å². The molecule has 2 heterocycles. The number of aromatic amines is 1. The quantitative estimate of drug-likeness (QED) is 0.385. The molecule has 0 spiro atoms. The summed E-state index contributed by atoms with van der Waals surface area (Å²) in [7, 11) is 0.277. The molecule has 0 aliphatic heterocycles. The van der Waals surface area contributed by atoms with E-state index in [9.17, 15) is 4.79 Å². The number of hydrogen-bond acceptors (Lipinski definition) is 4. The van der Waals surface area contributed by atoms with Gasteiger partial charge in [0, 0.05) is 44.2 Å². The van der Waals surface area contributed by atoms with E-state index in [4.69, 9.17) is 9.47 Å². The molecule has 3 aromatic rings. The summed E-state index contributed by atoms with van der Waals surface area (Å²) in [4.78, 5) is 19.7. The number of ether oxygens (including phenoxy) is 2. The molecule has 7 heteroatoms. The number of carbonyl (C=O) groups is 1. The van der Waals surface area contributed by atoms with Crippen LogP contribution in [-0.2, 0) is 16.2 Å². The zero-order valence-corrected chi connectivity index (χ0v) is 16.7. The third kappa shape index (κ3) is 4.05. The second-order valence-corrected chi connectivity index (χ2v) is 13.1. The van der Waals surface area contributed by atoms with Crippen molar-refractivity contribution in [3.05, 3.63) is 42.4 Å². The first-order valence-corrected chi connectivity index (χ1v) is 12.4. The Morgan fingerprint density at radius 2 is 2.12 bits per heavy atom. The highest BCUT2D eigenvalue weighted by Crippen LogP contribution is 2.27. The van der Waals surface area contributed by atoms with Gasteiger partial charge in [0.2, 0.25) is 0 Å². The Bertz CT molecular complexity index is 908. The van der Waals surface area contributed by atoms with Crippen molar-refractivity contribution in [1.82, 2.24) is 14.5 Å². The van der Waals surface area contributed by atoms with Crippen LogP contribution >= 0.6 is 0 Å². The number of nitrogens with zero attached hydrogens (tertiary/aromatic N) is 2.